The third-order valence-electron chi connectivity index (χ3n) is 2.90. The van der Waals surface area contributed by atoms with Crippen molar-refractivity contribution in [2.45, 2.75) is 0 Å². The number of carbonyl (C=O) groups excluding carboxylic acids is 1. The maximum Gasteiger partial charge on any atom is 0.185 e. The molecule has 2 aromatic rings. The minimum atomic E-state index is -0.0127. The summed E-state index contributed by atoms with van der Waals surface area (Å²) in [4.78, 5) is 12.0. The molecular weight excluding hydrogens is 264 g/mol. The van der Waals surface area contributed by atoms with E-state index in [1.54, 1.807) is 31.4 Å². The van der Waals surface area contributed by atoms with E-state index in [1.807, 2.05) is 42.5 Å². The van der Waals surface area contributed by atoms with Gasteiger partial charge in [0.25, 0.3) is 0 Å². The minimum Gasteiger partial charge on any atom is -0.491 e. The van der Waals surface area contributed by atoms with Crippen molar-refractivity contribution in [3.63, 3.8) is 0 Å². The zero-order chi connectivity index (χ0) is 14.9. The first-order chi connectivity index (χ1) is 10.3. The van der Waals surface area contributed by atoms with Gasteiger partial charge in [-0.3, -0.25) is 4.79 Å². The van der Waals surface area contributed by atoms with Crippen LogP contribution in [-0.4, -0.2) is 26.1 Å². The Morgan fingerprint density at radius 1 is 1.05 bits per heavy atom. The fourth-order valence-corrected chi connectivity index (χ4v) is 1.82. The van der Waals surface area contributed by atoms with Crippen LogP contribution in [0.2, 0.25) is 0 Å². The average Bonchev–Trinajstić information content (AvgIpc) is 2.54. The van der Waals surface area contributed by atoms with E-state index in [9.17, 15) is 4.79 Å². The van der Waals surface area contributed by atoms with Crippen molar-refractivity contribution in [1.82, 2.24) is 0 Å². The predicted molar refractivity (Wildman–Crippen MR) is 83.6 cm³/mol. The van der Waals surface area contributed by atoms with Crippen LogP contribution < -0.4 is 4.74 Å². The number of benzene rings is 2. The van der Waals surface area contributed by atoms with Crippen LogP contribution in [0.25, 0.3) is 6.08 Å². The topological polar surface area (TPSA) is 35.5 Å². The van der Waals surface area contributed by atoms with E-state index in [-0.39, 0.29) is 5.78 Å². The van der Waals surface area contributed by atoms with Gasteiger partial charge in [0, 0.05) is 12.7 Å². The number of rotatable bonds is 7. The molecule has 0 radical (unpaired) electrons. The second kappa shape index (κ2) is 8.02. The van der Waals surface area contributed by atoms with Crippen LogP contribution in [0.3, 0.4) is 0 Å². The number of hydrogen-bond acceptors (Lipinski definition) is 3. The Labute approximate surface area is 124 Å². The zero-order valence-corrected chi connectivity index (χ0v) is 12.0. The SMILES string of the molecule is COCCOc1cccc(C=CC(=O)c2ccccc2)c1. The summed E-state index contributed by atoms with van der Waals surface area (Å²) in [7, 11) is 1.64. The van der Waals surface area contributed by atoms with Gasteiger partial charge in [-0.05, 0) is 23.8 Å². The molecule has 108 valence electrons. The molecular formula is C18H18O3. The quantitative estimate of drug-likeness (QED) is 0.442. The van der Waals surface area contributed by atoms with Gasteiger partial charge in [0.2, 0.25) is 0 Å². The summed E-state index contributed by atoms with van der Waals surface area (Å²) in [6, 6.07) is 16.8. The molecule has 0 aromatic heterocycles. The van der Waals surface area contributed by atoms with Gasteiger partial charge in [0.1, 0.15) is 12.4 Å². The van der Waals surface area contributed by atoms with Crippen molar-refractivity contribution in [1.29, 1.82) is 0 Å². The summed E-state index contributed by atoms with van der Waals surface area (Å²) in [6.07, 6.45) is 3.36. The van der Waals surface area contributed by atoms with Crippen molar-refractivity contribution in [2.24, 2.45) is 0 Å². The van der Waals surface area contributed by atoms with Crippen molar-refractivity contribution >= 4 is 11.9 Å². The Kier molecular flexibility index (Phi) is 5.73. The summed E-state index contributed by atoms with van der Waals surface area (Å²) < 4.78 is 10.5. The van der Waals surface area contributed by atoms with Crippen molar-refractivity contribution < 1.29 is 14.3 Å². The van der Waals surface area contributed by atoms with Crippen molar-refractivity contribution in [3.8, 4) is 5.75 Å². The molecule has 3 heteroatoms. The number of allylic oxidation sites excluding steroid dienone is 1. The van der Waals surface area contributed by atoms with Crippen LogP contribution in [0.5, 0.6) is 5.75 Å². The van der Waals surface area contributed by atoms with Crippen LogP contribution >= 0.6 is 0 Å². The highest BCUT2D eigenvalue weighted by Gasteiger charge is 2.00. The minimum absolute atomic E-state index is 0.0127. The summed E-state index contributed by atoms with van der Waals surface area (Å²) in [5.41, 5.74) is 1.61. The van der Waals surface area contributed by atoms with Gasteiger partial charge in [0.05, 0.1) is 6.61 Å². The fourth-order valence-electron chi connectivity index (χ4n) is 1.82. The molecule has 21 heavy (non-hydrogen) atoms. The smallest absolute Gasteiger partial charge is 0.185 e. The first-order valence-corrected chi connectivity index (χ1v) is 6.79. The van der Waals surface area contributed by atoms with E-state index >= 15 is 0 Å². The van der Waals surface area contributed by atoms with Gasteiger partial charge in [-0.2, -0.15) is 0 Å². The van der Waals surface area contributed by atoms with Gasteiger partial charge < -0.3 is 9.47 Å². The highest BCUT2D eigenvalue weighted by Crippen LogP contribution is 2.15. The molecule has 0 N–H and O–H groups in total. The Balaban J connectivity index is 2.00. The monoisotopic (exact) mass is 282 g/mol. The van der Waals surface area contributed by atoms with E-state index in [2.05, 4.69) is 0 Å². The molecule has 0 saturated heterocycles. The van der Waals surface area contributed by atoms with Gasteiger partial charge in [-0.1, -0.05) is 48.5 Å². The van der Waals surface area contributed by atoms with E-state index in [0.717, 1.165) is 11.3 Å². The summed E-state index contributed by atoms with van der Waals surface area (Å²) in [6.45, 7) is 1.05. The van der Waals surface area contributed by atoms with Gasteiger partial charge >= 0.3 is 0 Å². The number of ether oxygens (including phenoxy) is 2. The molecule has 0 spiro atoms. The van der Waals surface area contributed by atoms with E-state index < -0.39 is 0 Å². The lowest BCUT2D eigenvalue weighted by Crippen LogP contribution is -2.04. The maximum atomic E-state index is 12.0. The second-order valence-corrected chi connectivity index (χ2v) is 4.48. The molecule has 0 atom stereocenters. The largest absolute Gasteiger partial charge is 0.491 e. The molecule has 2 aromatic carbocycles. The first-order valence-electron chi connectivity index (χ1n) is 6.79. The lowest BCUT2D eigenvalue weighted by Gasteiger charge is -2.05. The Morgan fingerprint density at radius 3 is 2.62 bits per heavy atom. The van der Waals surface area contributed by atoms with Gasteiger partial charge in [0.15, 0.2) is 5.78 Å². The lowest BCUT2D eigenvalue weighted by atomic mass is 10.1. The molecule has 0 unspecified atom stereocenters. The maximum absolute atomic E-state index is 12.0. The molecule has 0 bridgehead atoms. The van der Waals surface area contributed by atoms with Crippen LogP contribution in [0.1, 0.15) is 15.9 Å². The van der Waals surface area contributed by atoms with Crippen LogP contribution in [0.4, 0.5) is 0 Å². The normalized spacial score (nSPS) is 10.7. The van der Waals surface area contributed by atoms with E-state index in [1.165, 1.54) is 0 Å². The number of ketones is 1. The molecule has 0 aliphatic rings. The third-order valence-corrected chi connectivity index (χ3v) is 2.90. The average molecular weight is 282 g/mol. The van der Waals surface area contributed by atoms with Crippen LogP contribution in [-0.2, 0) is 4.74 Å². The Hall–Kier alpha value is -2.39. The van der Waals surface area contributed by atoms with Gasteiger partial charge in [-0.15, -0.1) is 0 Å². The van der Waals surface area contributed by atoms with E-state index in [4.69, 9.17) is 9.47 Å². The molecule has 0 aliphatic heterocycles. The van der Waals surface area contributed by atoms with Crippen LogP contribution in [0.15, 0.2) is 60.7 Å². The molecule has 0 amide bonds. The molecule has 0 heterocycles. The molecule has 2 rings (SSSR count). The zero-order valence-electron chi connectivity index (χ0n) is 12.0. The van der Waals surface area contributed by atoms with Gasteiger partial charge in [-0.25, -0.2) is 0 Å². The van der Waals surface area contributed by atoms with Crippen molar-refractivity contribution in [3.05, 3.63) is 71.8 Å². The van der Waals surface area contributed by atoms with Crippen molar-refractivity contribution in [2.75, 3.05) is 20.3 Å². The summed E-state index contributed by atoms with van der Waals surface area (Å²) in [5.74, 6) is 0.752. The number of hydrogen-bond donors (Lipinski definition) is 0. The number of carbonyl (C=O) groups is 1. The number of methoxy groups -OCH3 is 1. The standard InChI is InChI=1S/C18H18O3/c1-20-12-13-21-17-9-5-6-15(14-17)10-11-18(19)16-7-3-2-4-8-16/h2-11,14H,12-13H2,1H3. The lowest BCUT2D eigenvalue weighted by molar-refractivity contribution is 0.104. The summed E-state index contributed by atoms with van der Waals surface area (Å²) >= 11 is 0. The second-order valence-electron chi connectivity index (χ2n) is 4.48. The third kappa shape index (κ3) is 4.89. The fraction of sp³-hybridized carbons (Fsp3) is 0.167. The predicted octanol–water partition coefficient (Wildman–Crippen LogP) is 3.61. The molecule has 0 aliphatic carbocycles. The van der Waals surface area contributed by atoms with E-state index in [0.29, 0.717) is 18.8 Å². The highest BCUT2D eigenvalue weighted by molar-refractivity contribution is 6.06. The molecule has 0 saturated carbocycles. The highest BCUT2D eigenvalue weighted by atomic mass is 16.5. The Bertz CT molecular complexity index is 603. The molecule has 0 fully saturated rings. The Morgan fingerprint density at radius 2 is 1.86 bits per heavy atom. The van der Waals surface area contributed by atoms with Crippen LogP contribution in [0, 0.1) is 0 Å². The summed E-state index contributed by atoms with van der Waals surface area (Å²) in [5, 5.41) is 0. The molecule has 3 nitrogen and oxygen atoms in total. The first kappa shape index (κ1) is 15.0.